The summed E-state index contributed by atoms with van der Waals surface area (Å²) in [6.45, 7) is 17.6. The lowest BCUT2D eigenvalue weighted by atomic mass is 9.69. The van der Waals surface area contributed by atoms with Crippen molar-refractivity contribution in [3.05, 3.63) is 68.6 Å². The quantitative estimate of drug-likeness (QED) is 0.250. The Kier molecular flexibility index (Phi) is 13.6. The van der Waals surface area contributed by atoms with Crippen LogP contribution in [0.4, 0.5) is 0 Å². The highest BCUT2D eigenvalue weighted by atomic mass is 79.9. The Hall–Kier alpha value is -0.583. The van der Waals surface area contributed by atoms with Crippen LogP contribution in [0.2, 0.25) is 11.1 Å². The lowest BCUT2D eigenvalue weighted by molar-refractivity contribution is 0.179. The highest BCUT2D eigenvalue weighted by Gasteiger charge is 2.29. The van der Waals surface area contributed by atoms with Crippen molar-refractivity contribution in [1.82, 2.24) is 0 Å². The third-order valence-corrected chi connectivity index (χ3v) is 9.73. The van der Waals surface area contributed by atoms with Gasteiger partial charge in [-0.2, -0.15) is 0 Å². The second-order valence-corrected chi connectivity index (χ2v) is 15.9. The van der Waals surface area contributed by atoms with Gasteiger partial charge in [0.05, 0.1) is 0 Å². The van der Waals surface area contributed by atoms with Crippen LogP contribution < -0.4 is 0 Å². The first-order valence-electron chi connectivity index (χ1n) is 12.3. The lowest BCUT2D eigenvalue weighted by Crippen LogP contribution is -2.28. The number of benzene rings is 2. The average molecular weight is 597 g/mol. The van der Waals surface area contributed by atoms with Gasteiger partial charge in [-0.15, -0.1) is 0 Å². The van der Waals surface area contributed by atoms with Gasteiger partial charge in [-0.25, -0.2) is 0 Å². The van der Waals surface area contributed by atoms with Crippen molar-refractivity contribution in [2.24, 2.45) is 17.3 Å². The van der Waals surface area contributed by atoms with Crippen molar-refractivity contribution in [2.75, 3.05) is 0 Å². The van der Waals surface area contributed by atoms with Gasteiger partial charge in [-0.3, -0.25) is 0 Å². The van der Waals surface area contributed by atoms with E-state index in [0.29, 0.717) is 22.4 Å². The molecule has 184 valence electrons. The van der Waals surface area contributed by atoms with E-state index in [4.69, 9.17) is 0 Å². The second kappa shape index (κ2) is 14.7. The molecule has 0 aliphatic heterocycles. The normalized spacial score (nSPS) is 11.8. The fourth-order valence-electron chi connectivity index (χ4n) is 3.97. The molecule has 0 atom stereocenters. The first-order chi connectivity index (χ1) is 15.3. The van der Waals surface area contributed by atoms with Crippen LogP contribution in [0.5, 0.6) is 0 Å². The lowest BCUT2D eigenvalue weighted by Gasteiger charge is -2.36. The maximum Gasteiger partial charge on any atom is 0.281 e. The zero-order chi connectivity index (χ0) is 25.2. The van der Waals surface area contributed by atoms with Gasteiger partial charge in [-0.05, 0) is 83.0 Å². The van der Waals surface area contributed by atoms with E-state index in [1.54, 1.807) is 0 Å². The number of hydrogen-bond acceptors (Lipinski definition) is 1. The van der Waals surface area contributed by atoms with Crippen molar-refractivity contribution in [1.29, 1.82) is 0 Å². The van der Waals surface area contributed by atoms with Crippen molar-refractivity contribution in [3.63, 3.8) is 0 Å². The molecule has 0 fully saturated rings. The number of halogens is 2. The molecule has 0 spiro atoms. The van der Waals surface area contributed by atoms with Gasteiger partial charge in [0.15, 0.2) is 0 Å². The van der Waals surface area contributed by atoms with E-state index in [2.05, 4.69) is 108 Å². The van der Waals surface area contributed by atoms with Gasteiger partial charge >= 0.3 is 0 Å². The highest BCUT2D eigenvalue weighted by molar-refractivity contribution is 9.10. The van der Waals surface area contributed by atoms with E-state index < -0.39 is 8.68 Å². The van der Waals surface area contributed by atoms with E-state index in [9.17, 15) is 4.46 Å². The zero-order valence-electron chi connectivity index (χ0n) is 21.9. The molecule has 0 aliphatic carbocycles. The van der Waals surface area contributed by atoms with Crippen LogP contribution in [0.25, 0.3) is 0 Å². The average Bonchev–Trinajstić information content (AvgIpc) is 2.74. The molecule has 33 heavy (non-hydrogen) atoms. The molecule has 0 saturated carbocycles. The van der Waals surface area contributed by atoms with Gasteiger partial charge < -0.3 is 4.46 Å². The summed E-state index contributed by atoms with van der Waals surface area (Å²) in [4.78, 5) is 0. The number of rotatable bonds is 10. The molecular weight excluding hydrogens is 552 g/mol. The van der Waals surface area contributed by atoms with Crippen LogP contribution in [0, 0.1) is 17.3 Å². The molecule has 0 aliphatic rings. The van der Waals surface area contributed by atoms with Gasteiger partial charge in [0.1, 0.15) is 0 Å². The molecule has 0 unspecified atom stereocenters. The molecule has 0 amide bonds. The molecule has 4 heteroatoms. The fourth-order valence-corrected chi connectivity index (χ4v) is 5.83. The molecule has 0 radical (unpaired) electrons. The summed E-state index contributed by atoms with van der Waals surface area (Å²) < 4.78 is 13.3. The van der Waals surface area contributed by atoms with Crippen LogP contribution in [-0.2, 0) is 17.3 Å². The van der Waals surface area contributed by atoms with Gasteiger partial charge in [0, 0.05) is 8.95 Å². The van der Waals surface area contributed by atoms with Crippen molar-refractivity contribution in [2.45, 2.75) is 92.2 Å². The Morgan fingerprint density at radius 3 is 1.36 bits per heavy atom. The number of hydrogen-bond donors (Lipinski definition) is 0. The van der Waals surface area contributed by atoms with Crippen LogP contribution in [0.15, 0.2) is 57.5 Å². The molecule has 2 aromatic rings. The first-order valence-corrected chi connectivity index (χ1v) is 15.5. The van der Waals surface area contributed by atoms with Gasteiger partial charge in [0.25, 0.3) is 8.68 Å². The Morgan fingerprint density at radius 1 is 0.727 bits per heavy atom. The molecule has 0 bridgehead atoms. The molecule has 2 aromatic carbocycles. The first kappa shape index (κ1) is 30.4. The molecule has 2 rings (SSSR count). The monoisotopic (exact) mass is 594 g/mol. The topological polar surface area (TPSA) is 17.1 Å². The minimum Gasteiger partial charge on any atom is -0.388 e. The summed E-state index contributed by atoms with van der Waals surface area (Å²) in [5.41, 5.74) is 3.97. The molecule has 0 saturated heterocycles. The molecule has 1 nitrogen and oxygen atoms in total. The molecule has 0 heterocycles. The maximum absolute atomic E-state index is 11.0. The van der Waals surface area contributed by atoms with Gasteiger partial charge in [-0.1, -0.05) is 118 Å². The smallest absolute Gasteiger partial charge is 0.281 e. The Morgan fingerprint density at radius 2 is 1.09 bits per heavy atom. The summed E-state index contributed by atoms with van der Waals surface area (Å²) in [5.74, 6) is 1.40. The van der Waals surface area contributed by atoms with Crippen LogP contribution in [0.1, 0.15) is 79.4 Å². The molecular formula is C29H44Br2OSi. The molecule has 0 N–H and O–H groups in total. The van der Waals surface area contributed by atoms with E-state index in [-0.39, 0.29) is 0 Å². The summed E-state index contributed by atoms with van der Waals surface area (Å²) in [6.07, 6.45) is 4.84. The molecule has 0 aromatic heterocycles. The summed E-state index contributed by atoms with van der Waals surface area (Å²) >= 11 is 7.10. The van der Waals surface area contributed by atoms with Crippen LogP contribution in [-0.4, -0.2) is 8.68 Å². The minimum absolute atomic E-state index is 0.324. The second-order valence-electron chi connectivity index (χ2n) is 11.0. The van der Waals surface area contributed by atoms with Crippen LogP contribution in [0.3, 0.4) is 0 Å². The fraction of sp³-hybridized carbons (Fsp3) is 0.586. The minimum atomic E-state index is -1.27. The standard InChI is InChI=1S/C23H30Br2.C6H14OSi/c1-17(2)13-14-23(3,4)20(15-18-5-9-21(24)10-6-18)16-19-7-11-22(25)12-8-19;1-5(2)8(7)6(3)4/h5-12,17,20H,13-16H2,1-4H3;5-6H,1-4H3. The maximum atomic E-state index is 11.0. The van der Waals surface area contributed by atoms with Crippen LogP contribution >= 0.6 is 31.9 Å². The SMILES string of the molecule is CC(C)CCC(C)(C)C(Cc1ccc(Br)cc1)Cc1ccc(Br)cc1.CC(C)[Si](=O)C(C)C. The van der Waals surface area contributed by atoms with E-state index in [0.717, 1.165) is 27.7 Å². The van der Waals surface area contributed by atoms with E-state index >= 15 is 0 Å². The summed E-state index contributed by atoms with van der Waals surface area (Å²) in [6, 6.07) is 17.7. The van der Waals surface area contributed by atoms with Crippen molar-refractivity contribution < 1.29 is 4.46 Å². The Balaban J connectivity index is 0.000000582. The van der Waals surface area contributed by atoms with Gasteiger partial charge in [0.2, 0.25) is 0 Å². The Labute approximate surface area is 222 Å². The predicted octanol–water partition coefficient (Wildman–Crippen LogP) is 10.3. The largest absolute Gasteiger partial charge is 0.388 e. The highest BCUT2D eigenvalue weighted by Crippen LogP contribution is 2.38. The summed E-state index contributed by atoms with van der Waals surface area (Å²) in [7, 11) is -1.27. The van der Waals surface area contributed by atoms with Crippen molar-refractivity contribution in [3.8, 4) is 0 Å². The summed E-state index contributed by atoms with van der Waals surface area (Å²) in [5, 5.41) is 0. The third kappa shape index (κ3) is 12.1. The van der Waals surface area contributed by atoms with Crippen molar-refractivity contribution >= 4 is 40.5 Å². The predicted molar refractivity (Wildman–Crippen MR) is 154 cm³/mol. The third-order valence-electron chi connectivity index (χ3n) is 6.40. The Bertz CT molecular complexity index is 766. The zero-order valence-corrected chi connectivity index (χ0v) is 26.1. The van der Waals surface area contributed by atoms with E-state index in [1.807, 2.05) is 27.7 Å². The van der Waals surface area contributed by atoms with E-state index in [1.165, 1.54) is 24.0 Å².